The van der Waals surface area contributed by atoms with Crippen molar-refractivity contribution >= 4 is 17.5 Å². The summed E-state index contributed by atoms with van der Waals surface area (Å²) < 4.78 is 5.13. The Bertz CT molecular complexity index is 831. The highest BCUT2D eigenvalue weighted by atomic mass is 16.5. The fraction of sp³-hybridized carbons (Fsp3) is 0.300. The number of carbonyl (C=O) groups is 2. The normalized spacial score (nSPS) is 21.8. The Morgan fingerprint density at radius 2 is 1.92 bits per heavy atom. The number of para-hydroxylation sites is 1. The van der Waals surface area contributed by atoms with E-state index >= 15 is 0 Å². The summed E-state index contributed by atoms with van der Waals surface area (Å²) in [4.78, 5) is 27.3. The quantitative estimate of drug-likeness (QED) is 0.917. The summed E-state index contributed by atoms with van der Waals surface area (Å²) in [6, 6.07) is 15.0. The Hall–Kier alpha value is -2.82. The minimum Gasteiger partial charge on any atom is -0.497 e. The van der Waals surface area contributed by atoms with Crippen LogP contribution in [0.5, 0.6) is 5.75 Å². The van der Waals surface area contributed by atoms with Crippen molar-refractivity contribution in [1.82, 2.24) is 4.90 Å². The molecule has 1 atom stereocenters. The van der Waals surface area contributed by atoms with Crippen LogP contribution in [0.2, 0.25) is 0 Å². The van der Waals surface area contributed by atoms with Crippen LogP contribution >= 0.6 is 0 Å². The summed E-state index contributed by atoms with van der Waals surface area (Å²) in [6.45, 7) is 1.05. The highest BCUT2D eigenvalue weighted by molar-refractivity contribution is 6.00. The van der Waals surface area contributed by atoms with Crippen molar-refractivity contribution in [2.45, 2.75) is 12.8 Å². The minimum atomic E-state index is -0.517. The van der Waals surface area contributed by atoms with Gasteiger partial charge in [0.25, 0.3) is 5.91 Å². The molecule has 25 heavy (non-hydrogen) atoms. The third kappa shape index (κ3) is 2.65. The van der Waals surface area contributed by atoms with Gasteiger partial charge in [-0.25, -0.2) is 0 Å². The molecule has 1 unspecified atom stereocenters. The SMILES string of the molecule is COc1ccc(C(=O)N2CCC3(Cc4ccccc4NC3=O)C2)cc1. The number of hydrogen-bond donors (Lipinski definition) is 1. The van der Waals surface area contributed by atoms with Gasteiger partial charge in [0.05, 0.1) is 12.5 Å². The molecule has 2 aliphatic heterocycles. The van der Waals surface area contributed by atoms with E-state index in [-0.39, 0.29) is 11.8 Å². The highest BCUT2D eigenvalue weighted by Crippen LogP contribution is 2.41. The first-order valence-corrected chi connectivity index (χ1v) is 8.44. The first-order chi connectivity index (χ1) is 12.1. The van der Waals surface area contributed by atoms with Crippen LogP contribution in [0.25, 0.3) is 0 Å². The first-order valence-electron chi connectivity index (χ1n) is 8.44. The fourth-order valence-electron chi connectivity index (χ4n) is 3.79. The number of nitrogens with one attached hydrogen (secondary N) is 1. The third-order valence-corrected chi connectivity index (χ3v) is 5.25. The second kappa shape index (κ2) is 5.92. The summed E-state index contributed by atoms with van der Waals surface area (Å²) >= 11 is 0. The van der Waals surface area contributed by atoms with Crippen molar-refractivity contribution in [2.24, 2.45) is 5.41 Å². The van der Waals surface area contributed by atoms with E-state index in [0.717, 1.165) is 17.0 Å². The molecular weight excluding hydrogens is 316 g/mol. The average molecular weight is 336 g/mol. The van der Waals surface area contributed by atoms with Crippen LogP contribution in [-0.2, 0) is 11.2 Å². The van der Waals surface area contributed by atoms with Crippen molar-refractivity contribution < 1.29 is 14.3 Å². The number of carbonyl (C=O) groups excluding carboxylic acids is 2. The van der Waals surface area contributed by atoms with E-state index in [0.29, 0.717) is 31.5 Å². The summed E-state index contributed by atoms with van der Waals surface area (Å²) in [7, 11) is 1.60. The molecule has 2 heterocycles. The second-order valence-corrected chi connectivity index (χ2v) is 6.77. The summed E-state index contributed by atoms with van der Waals surface area (Å²) in [5.74, 6) is 0.708. The van der Waals surface area contributed by atoms with Crippen molar-refractivity contribution in [1.29, 1.82) is 0 Å². The van der Waals surface area contributed by atoms with Gasteiger partial charge in [0.15, 0.2) is 0 Å². The van der Waals surface area contributed by atoms with Crippen LogP contribution in [0.3, 0.4) is 0 Å². The predicted molar refractivity (Wildman–Crippen MR) is 94.7 cm³/mol. The fourth-order valence-corrected chi connectivity index (χ4v) is 3.79. The van der Waals surface area contributed by atoms with Crippen LogP contribution in [0.4, 0.5) is 5.69 Å². The monoisotopic (exact) mass is 336 g/mol. The highest BCUT2D eigenvalue weighted by Gasteiger charge is 2.48. The van der Waals surface area contributed by atoms with E-state index in [1.807, 2.05) is 24.3 Å². The Kier molecular flexibility index (Phi) is 3.71. The van der Waals surface area contributed by atoms with Gasteiger partial charge in [-0.1, -0.05) is 18.2 Å². The molecule has 5 heteroatoms. The van der Waals surface area contributed by atoms with Crippen LogP contribution < -0.4 is 10.1 Å². The van der Waals surface area contributed by atoms with Crippen LogP contribution in [0.1, 0.15) is 22.3 Å². The van der Waals surface area contributed by atoms with Crippen molar-refractivity contribution in [3.8, 4) is 5.75 Å². The van der Waals surface area contributed by atoms with E-state index in [2.05, 4.69) is 5.32 Å². The van der Waals surface area contributed by atoms with Gasteiger partial charge in [-0.15, -0.1) is 0 Å². The molecular formula is C20H20N2O3. The predicted octanol–water partition coefficient (Wildman–Crippen LogP) is 2.72. The zero-order valence-electron chi connectivity index (χ0n) is 14.1. The van der Waals surface area contributed by atoms with Gasteiger partial charge in [0.2, 0.25) is 5.91 Å². The number of nitrogens with zero attached hydrogens (tertiary/aromatic N) is 1. The first kappa shape index (κ1) is 15.7. The molecule has 0 bridgehead atoms. The molecule has 2 aromatic carbocycles. The van der Waals surface area contributed by atoms with E-state index < -0.39 is 5.41 Å². The lowest BCUT2D eigenvalue weighted by Gasteiger charge is -2.33. The molecule has 1 fully saturated rings. The Balaban J connectivity index is 1.54. The third-order valence-electron chi connectivity index (χ3n) is 5.25. The number of amides is 2. The van der Waals surface area contributed by atoms with Crippen molar-refractivity contribution in [2.75, 3.05) is 25.5 Å². The van der Waals surface area contributed by atoms with Gasteiger partial charge in [-0.3, -0.25) is 9.59 Å². The summed E-state index contributed by atoms with van der Waals surface area (Å²) in [5, 5.41) is 3.01. The zero-order valence-corrected chi connectivity index (χ0v) is 14.1. The number of methoxy groups -OCH3 is 1. The summed E-state index contributed by atoms with van der Waals surface area (Å²) in [5.41, 5.74) is 2.13. The Morgan fingerprint density at radius 1 is 1.16 bits per heavy atom. The lowest BCUT2D eigenvalue weighted by atomic mass is 9.77. The second-order valence-electron chi connectivity index (χ2n) is 6.77. The van der Waals surface area contributed by atoms with Gasteiger partial charge < -0.3 is 15.0 Å². The van der Waals surface area contributed by atoms with Gasteiger partial charge >= 0.3 is 0 Å². The lowest BCUT2D eigenvalue weighted by molar-refractivity contribution is -0.125. The van der Waals surface area contributed by atoms with Crippen molar-refractivity contribution in [3.05, 3.63) is 59.7 Å². The standard InChI is InChI=1S/C20H20N2O3/c1-25-16-8-6-14(7-9-16)18(23)22-11-10-20(13-22)12-15-4-2-3-5-17(15)21-19(20)24/h2-9H,10-13H2,1H3,(H,21,24). The molecule has 2 aromatic rings. The number of hydrogen-bond acceptors (Lipinski definition) is 3. The smallest absolute Gasteiger partial charge is 0.253 e. The summed E-state index contributed by atoms with van der Waals surface area (Å²) in [6.07, 6.45) is 1.37. The molecule has 0 aliphatic carbocycles. The number of likely N-dealkylation sites (tertiary alicyclic amines) is 1. The topological polar surface area (TPSA) is 58.6 Å². The molecule has 128 valence electrons. The molecule has 4 rings (SSSR count). The zero-order chi connectivity index (χ0) is 17.4. The molecule has 5 nitrogen and oxygen atoms in total. The van der Waals surface area contributed by atoms with Crippen molar-refractivity contribution in [3.63, 3.8) is 0 Å². The number of ether oxygens (including phenoxy) is 1. The largest absolute Gasteiger partial charge is 0.497 e. The Morgan fingerprint density at radius 3 is 2.68 bits per heavy atom. The molecule has 2 amide bonds. The molecule has 1 spiro atoms. The van der Waals surface area contributed by atoms with E-state index in [4.69, 9.17) is 4.74 Å². The average Bonchev–Trinajstić information content (AvgIpc) is 3.07. The maximum atomic E-state index is 12.8. The van der Waals surface area contributed by atoms with Crippen LogP contribution in [0.15, 0.2) is 48.5 Å². The van der Waals surface area contributed by atoms with Crippen LogP contribution in [0, 0.1) is 5.41 Å². The van der Waals surface area contributed by atoms with Gasteiger partial charge in [-0.05, 0) is 48.7 Å². The molecule has 1 saturated heterocycles. The number of anilines is 1. The van der Waals surface area contributed by atoms with E-state index in [1.165, 1.54) is 0 Å². The van der Waals surface area contributed by atoms with Gasteiger partial charge in [-0.2, -0.15) is 0 Å². The number of benzene rings is 2. The molecule has 0 radical (unpaired) electrons. The lowest BCUT2D eigenvalue weighted by Crippen LogP contribution is -2.44. The van der Waals surface area contributed by atoms with E-state index in [1.54, 1.807) is 36.3 Å². The Labute approximate surface area is 146 Å². The van der Waals surface area contributed by atoms with Gasteiger partial charge in [0.1, 0.15) is 5.75 Å². The van der Waals surface area contributed by atoms with Crippen LogP contribution in [-0.4, -0.2) is 36.9 Å². The molecule has 0 aromatic heterocycles. The number of fused-ring (bicyclic) bond motifs is 1. The molecule has 0 saturated carbocycles. The molecule has 1 N–H and O–H groups in total. The number of rotatable bonds is 2. The minimum absolute atomic E-state index is 0.0243. The van der Waals surface area contributed by atoms with E-state index in [9.17, 15) is 9.59 Å². The maximum Gasteiger partial charge on any atom is 0.253 e. The maximum absolute atomic E-state index is 12.8. The van der Waals surface area contributed by atoms with Gasteiger partial charge in [0, 0.05) is 24.3 Å². The molecule has 2 aliphatic rings.